The Labute approximate surface area is 146 Å². The Balaban J connectivity index is 2.33. The van der Waals surface area contributed by atoms with Gasteiger partial charge in [0, 0.05) is 11.5 Å². The first kappa shape index (κ1) is 17.0. The molecule has 0 aliphatic carbocycles. The van der Waals surface area contributed by atoms with Crippen molar-refractivity contribution in [2.24, 2.45) is 0 Å². The lowest BCUT2D eigenvalue weighted by molar-refractivity contribution is -0.134. The molecule has 2 aromatic carbocycles. The molecule has 0 amide bonds. The second-order valence-electron chi connectivity index (χ2n) is 5.47. The fourth-order valence-electron chi connectivity index (χ4n) is 2.75. The van der Waals surface area contributed by atoms with E-state index >= 15 is 0 Å². The third kappa shape index (κ3) is 2.96. The van der Waals surface area contributed by atoms with Crippen molar-refractivity contribution in [2.75, 3.05) is 7.11 Å². The van der Waals surface area contributed by atoms with Crippen LogP contribution >= 0.6 is 0 Å². The first-order chi connectivity index (χ1) is 12.0. The minimum absolute atomic E-state index is 0.184. The van der Waals surface area contributed by atoms with E-state index in [2.05, 4.69) is 4.74 Å². The predicted octanol–water partition coefficient (Wildman–Crippen LogP) is 3.37. The van der Waals surface area contributed by atoms with Crippen LogP contribution in [-0.2, 0) is 19.6 Å². The van der Waals surface area contributed by atoms with Gasteiger partial charge in [0.2, 0.25) is 0 Å². The molecule has 0 unspecified atom stereocenters. The Bertz CT molecular complexity index is 1060. The molecule has 0 radical (unpaired) electrons. The molecule has 0 N–H and O–H groups in total. The van der Waals surface area contributed by atoms with E-state index in [1.165, 1.54) is 23.2 Å². The van der Waals surface area contributed by atoms with E-state index in [1.807, 2.05) is 19.1 Å². The highest BCUT2D eigenvalue weighted by atomic mass is 32.2. The Morgan fingerprint density at radius 2 is 1.68 bits per heavy atom. The van der Waals surface area contributed by atoms with Gasteiger partial charge in [-0.3, -0.25) is 0 Å². The zero-order valence-corrected chi connectivity index (χ0v) is 14.7. The number of carbonyl (C=O) groups is 1. The topological polar surface area (TPSA) is 65.4 Å². The van der Waals surface area contributed by atoms with Crippen molar-refractivity contribution in [1.82, 2.24) is 3.97 Å². The number of para-hydroxylation sites is 1. The van der Waals surface area contributed by atoms with Crippen molar-refractivity contribution in [1.29, 1.82) is 0 Å². The molecule has 3 rings (SSSR count). The molecule has 5 nitrogen and oxygen atoms in total. The number of rotatable bonds is 4. The number of benzene rings is 2. The van der Waals surface area contributed by atoms with Crippen LogP contribution in [-0.4, -0.2) is 25.5 Å². The van der Waals surface area contributed by atoms with Gasteiger partial charge >= 0.3 is 5.97 Å². The molecular weight excluding hydrogens is 338 g/mol. The minimum atomic E-state index is -3.82. The van der Waals surface area contributed by atoms with E-state index in [1.54, 1.807) is 42.5 Å². The highest BCUT2D eigenvalue weighted by Crippen LogP contribution is 2.30. The number of ether oxygens (including phenoxy) is 1. The first-order valence-electron chi connectivity index (χ1n) is 7.63. The summed E-state index contributed by atoms with van der Waals surface area (Å²) in [7, 11) is -2.54. The van der Waals surface area contributed by atoms with Crippen LogP contribution in [0.1, 0.15) is 11.3 Å². The maximum absolute atomic E-state index is 13.2. The molecule has 1 aromatic heterocycles. The van der Waals surface area contributed by atoms with Crippen molar-refractivity contribution >= 4 is 33.0 Å². The maximum atomic E-state index is 13.2. The Kier molecular flexibility index (Phi) is 4.46. The van der Waals surface area contributed by atoms with Crippen LogP contribution < -0.4 is 0 Å². The summed E-state index contributed by atoms with van der Waals surface area (Å²) in [6, 6.07) is 15.5. The van der Waals surface area contributed by atoms with Gasteiger partial charge in [-0.05, 0) is 36.8 Å². The van der Waals surface area contributed by atoms with Crippen LogP contribution in [0, 0.1) is 6.92 Å². The van der Waals surface area contributed by atoms with Gasteiger partial charge in [-0.2, -0.15) is 0 Å². The fourth-order valence-corrected chi connectivity index (χ4v) is 4.34. The molecule has 0 spiro atoms. The maximum Gasteiger partial charge on any atom is 0.330 e. The van der Waals surface area contributed by atoms with E-state index in [0.29, 0.717) is 11.2 Å². The number of carbonyl (C=O) groups excluding carboxylic acids is 1. The summed E-state index contributed by atoms with van der Waals surface area (Å²) >= 11 is 0. The molecule has 0 atom stereocenters. The predicted molar refractivity (Wildman–Crippen MR) is 96.8 cm³/mol. The lowest BCUT2D eigenvalue weighted by Crippen LogP contribution is -2.14. The van der Waals surface area contributed by atoms with Crippen LogP contribution in [0.15, 0.2) is 65.6 Å². The molecule has 0 aliphatic rings. The molecule has 0 bridgehead atoms. The number of hydrogen-bond acceptors (Lipinski definition) is 4. The van der Waals surface area contributed by atoms with Crippen LogP contribution in [0.3, 0.4) is 0 Å². The molecule has 0 saturated heterocycles. The molecule has 0 fully saturated rings. The van der Waals surface area contributed by atoms with Crippen LogP contribution in [0.2, 0.25) is 0 Å². The number of nitrogens with zero attached hydrogens (tertiary/aromatic N) is 1. The first-order valence-corrected chi connectivity index (χ1v) is 9.07. The average molecular weight is 355 g/mol. The van der Waals surface area contributed by atoms with Gasteiger partial charge in [0.05, 0.1) is 23.2 Å². The SMILES string of the molecule is COC(=O)/C=C/c1c(C)c2ccccc2n1S(=O)(=O)c1ccccc1. The van der Waals surface area contributed by atoms with Crippen LogP contribution in [0.5, 0.6) is 0 Å². The third-order valence-corrected chi connectivity index (χ3v) is 5.73. The molecule has 1 heterocycles. The van der Waals surface area contributed by atoms with Crippen molar-refractivity contribution in [3.05, 3.63) is 71.9 Å². The molecule has 3 aromatic rings. The second kappa shape index (κ2) is 6.57. The van der Waals surface area contributed by atoms with Gasteiger partial charge in [0.1, 0.15) is 0 Å². The number of fused-ring (bicyclic) bond motifs is 1. The zero-order chi connectivity index (χ0) is 18.0. The number of methoxy groups -OCH3 is 1. The molecule has 25 heavy (non-hydrogen) atoms. The molecule has 6 heteroatoms. The number of hydrogen-bond donors (Lipinski definition) is 0. The fraction of sp³-hybridized carbons (Fsp3) is 0.105. The number of aromatic nitrogens is 1. The van der Waals surface area contributed by atoms with Gasteiger partial charge in [-0.15, -0.1) is 0 Å². The van der Waals surface area contributed by atoms with Gasteiger partial charge in [0.15, 0.2) is 0 Å². The minimum Gasteiger partial charge on any atom is -0.466 e. The number of aryl methyl sites for hydroxylation is 1. The molecular formula is C19H17NO4S. The summed E-state index contributed by atoms with van der Waals surface area (Å²) in [5.41, 5.74) is 1.76. The van der Waals surface area contributed by atoms with Crippen molar-refractivity contribution in [2.45, 2.75) is 11.8 Å². The normalized spacial score (nSPS) is 11.9. The van der Waals surface area contributed by atoms with E-state index < -0.39 is 16.0 Å². The lowest BCUT2D eigenvalue weighted by Gasteiger charge is -2.10. The van der Waals surface area contributed by atoms with Crippen molar-refractivity contribution in [3.8, 4) is 0 Å². The van der Waals surface area contributed by atoms with E-state index in [-0.39, 0.29) is 4.90 Å². The summed E-state index contributed by atoms with van der Waals surface area (Å²) in [5, 5.41) is 0.812. The van der Waals surface area contributed by atoms with Gasteiger partial charge < -0.3 is 4.74 Å². The second-order valence-corrected chi connectivity index (χ2v) is 7.25. The van der Waals surface area contributed by atoms with E-state index in [9.17, 15) is 13.2 Å². The Morgan fingerprint density at radius 1 is 1.04 bits per heavy atom. The smallest absolute Gasteiger partial charge is 0.330 e. The van der Waals surface area contributed by atoms with Gasteiger partial charge in [-0.25, -0.2) is 17.2 Å². The van der Waals surface area contributed by atoms with Crippen LogP contribution in [0.25, 0.3) is 17.0 Å². The van der Waals surface area contributed by atoms with Gasteiger partial charge in [0.25, 0.3) is 10.0 Å². The molecule has 128 valence electrons. The average Bonchev–Trinajstić information content (AvgIpc) is 2.93. The van der Waals surface area contributed by atoms with Crippen LogP contribution in [0.4, 0.5) is 0 Å². The standard InChI is InChI=1S/C19H17NO4S/c1-14-16-10-6-7-11-18(16)20(17(14)12-13-19(21)24-2)25(22,23)15-8-4-3-5-9-15/h3-13H,1-2H3/b13-12+. The summed E-state index contributed by atoms with van der Waals surface area (Å²) in [4.78, 5) is 11.7. The Morgan fingerprint density at radius 3 is 2.36 bits per heavy atom. The van der Waals surface area contributed by atoms with Gasteiger partial charge in [-0.1, -0.05) is 36.4 Å². The largest absolute Gasteiger partial charge is 0.466 e. The highest BCUT2D eigenvalue weighted by Gasteiger charge is 2.24. The van der Waals surface area contributed by atoms with Crippen molar-refractivity contribution < 1.29 is 17.9 Å². The van der Waals surface area contributed by atoms with E-state index in [0.717, 1.165) is 10.9 Å². The molecule has 0 saturated carbocycles. The quantitative estimate of drug-likeness (QED) is 0.532. The summed E-state index contributed by atoms with van der Waals surface area (Å²) in [6.45, 7) is 1.83. The van der Waals surface area contributed by atoms with Crippen molar-refractivity contribution in [3.63, 3.8) is 0 Å². The molecule has 0 aliphatic heterocycles. The summed E-state index contributed by atoms with van der Waals surface area (Å²) in [5.74, 6) is -0.548. The zero-order valence-electron chi connectivity index (χ0n) is 13.8. The summed E-state index contributed by atoms with van der Waals surface area (Å²) in [6.07, 6.45) is 2.69. The number of esters is 1. The highest BCUT2D eigenvalue weighted by molar-refractivity contribution is 7.90. The van der Waals surface area contributed by atoms with E-state index in [4.69, 9.17) is 0 Å². The summed E-state index contributed by atoms with van der Waals surface area (Å²) < 4.78 is 32.3. The Hall–Kier alpha value is -2.86. The monoisotopic (exact) mass is 355 g/mol. The lowest BCUT2D eigenvalue weighted by atomic mass is 10.1. The third-order valence-electron chi connectivity index (χ3n) is 3.99.